The molecule has 1 N–H and O–H groups in total. The van der Waals surface area contributed by atoms with E-state index in [-0.39, 0.29) is 0 Å². The van der Waals surface area contributed by atoms with Crippen LogP contribution in [0, 0.1) is 0 Å². The van der Waals surface area contributed by atoms with Crippen LogP contribution in [0.2, 0.25) is 0 Å². The van der Waals surface area contributed by atoms with Crippen molar-refractivity contribution < 1.29 is 14.6 Å². The van der Waals surface area contributed by atoms with Gasteiger partial charge in [-0.1, -0.05) is 18.2 Å². The number of para-hydroxylation sites is 1. The summed E-state index contributed by atoms with van der Waals surface area (Å²) in [5.41, 5.74) is 1.99. The summed E-state index contributed by atoms with van der Waals surface area (Å²) >= 11 is 0. The van der Waals surface area contributed by atoms with Gasteiger partial charge in [-0.25, -0.2) is 0 Å². The Labute approximate surface area is 107 Å². The number of benzene rings is 1. The maximum Gasteiger partial charge on any atom is 0.312 e. The number of hydrogen-bond acceptors (Lipinski definition) is 3. The Kier molecular flexibility index (Phi) is 4.20. The van der Waals surface area contributed by atoms with Crippen LogP contribution >= 0.6 is 0 Å². The number of carbonyl (C=O) groups is 1. The molecular formula is C14H19NO3. The van der Waals surface area contributed by atoms with E-state index in [1.807, 2.05) is 31.2 Å². The summed E-state index contributed by atoms with van der Waals surface area (Å²) in [4.78, 5) is 13.4. The fourth-order valence-electron chi connectivity index (χ4n) is 2.41. The Morgan fingerprint density at radius 1 is 1.50 bits per heavy atom. The summed E-state index contributed by atoms with van der Waals surface area (Å²) in [7, 11) is 0. The molecule has 0 fully saturated rings. The summed E-state index contributed by atoms with van der Waals surface area (Å²) in [6.07, 6.45) is 0.925. The van der Waals surface area contributed by atoms with E-state index >= 15 is 0 Å². The van der Waals surface area contributed by atoms with Crippen molar-refractivity contribution >= 4 is 11.7 Å². The van der Waals surface area contributed by atoms with Crippen LogP contribution in [0.4, 0.5) is 5.69 Å². The number of ether oxygens (including phenoxy) is 1. The summed E-state index contributed by atoms with van der Waals surface area (Å²) < 4.78 is 5.31. The second-order valence-corrected chi connectivity index (χ2v) is 4.45. The Morgan fingerprint density at radius 2 is 2.28 bits per heavy atom. The van der Waals surface area contributed by atoms with Crippen molar-refractivity contribution in [3.05, 3.63) is 29.8 Å². The minimum Gasteiger partial charge on any atom is -0.481 e. The van der Waals surface area contributed by atoms with Crippen LogP contribution in [0.25, 0.3) is 0 Å². The Morgan fingerprint density at radius 3 is 3.00 bits per heavy atom. The van der Waals surface area contributed by atoms with E-state index in [2.05, 4.69) is 4.90 Å². The van der Waals surface area contributed by atoms with Gasteiger partial charge in [-0.05, 0) is 25.0 Å². The molecule has 18 heavy (non-hydrogen) atoms. The molecule has 0 radical (unpaired) electrons. The lowest BCUT2D eigenvalue weighted by Gasteiger charge is -2.19. The second-order valence-electron chi connectivity index (χ2n) is 4.45. The van der Waals surface area contributed by atoms with Crippen LogP contribution in [0.1, 0.15) is 24.8 Å². The van der Waals surface area contributed by atoms with Crippen molar-refractivity contribution in [1.29, 1.82) is 0 Å². The van der Waals surface area contributed by atoms with Crippen molar-refractivity contribution in [2.75, 3.05) is 31.2 Å². The Hall–Kier alpha value is -1.55. The van der Waals surface area contributed by atoms with Crippen LogP contribution in [0.3, 0.4) is 0 Å². The first kappa shape index (κ1) is 12.9. The molecule has 4 nitrogen and oxygen atoms in total. The zero-order valence-electron chi connectivity index (χ0n) is 10.6. The molecule has 1 aliphatic rings. The molecule has 4 heteroatoms. The van der Waals surface area contributed by atoms with E-state index < -0.39 is 11.9 Å². The number of carboxylic acid groups (broad SMARTS) is 1. The minimum absolute atomic E-state index is 0.395. The van der Waals surface area contributed by atoms with Gasteiger partial charge in [-0.3, -0.25) is 4.79 Å². The van der Waals surface area contributed by atoms with Gasteiger partial charge in [-0.15, -0.1) is 0 Å². The van der Waals surface area contributed by atoms with Gasteiger partial charge in [0.05, 0.1) is 0 Å². The summed E-state index contributed by atoms with van der Waals surface area (Å²) in [5.74, 6) is -1.14. The van der Waals surface area contributed by atoms with Gasteiger partial charge in [-0.2, -0.15) is 0 Å². The van der Waals surface area contributed by atoms with E-state index in [0.717, 1.165) is 37.4 Å². The molecule has 0 aliphatic carbocycles. The molecular weight excluding hydrogens is 230 g/mol. The third-order valence-corrected chi connectivity index (χ3v) is 3.27. The van der Waals surface area contributed by atoms with Gasteiger partial charge in [0.15, 0.2) is 0 Å². The first-order valence-corrected chi connectivity index (χ1v) is 6.38. The smallest absolute Gasteiger partial charge is 0.312 e. The highest BCUT2D eigenvalue weighted by Gasteiger charge is 2.32. The predicted molar refractivity (Wildman–Crippen MR) is 70.1 cm³/mol. The molecule has 1 aliphatic heterocycles. The molecule has 1 aromatic rings. The van der Waals surface area contributed by atoms with Crippen molar-refractivity contribution in [3.8, 4) is 0 Å². The summed E-state index contributed by atoms with van der Waals surface area (Å²) in [6.45, 7) is 4.86. The molecule has 0 saturated carbocycles. The first-order chi connectivity index (χ1) is 8.74. The van der Waals surface area contributed by atoms with Gasteiger partial charge < -0.3 is 14.7 Å². The lowest BCUT2D eigenvalue weighted by Crippen LogP contribution is -2.26. The van der Waals surface area contributed by atoms with Gasteiger partial charge in [0.25, 0.3) is 0 Å². The van der Waals surface area contributed by atoms with Gasteiger partial charge in [0.1, 0.15) is 5.92 Å². The summed E-state index contributed by atoms with van der Waals surface area (Å²) in [6, 6.07) is 7.77. The largest absolute Gasteiger partial charge is 0.481 e. The number of carboxylic acids is 1. The lowest BCUT2D eigenvalue weighted by molar-refractivity contribution is -0.138. The van der Waals surface area contributed by atoms with Gasteiger partial charge >= 0.3 is 5.97 Å². The molecule has 98 valence electrons. The van der Waals surface area contributed by atoms with Crippen LogP contribution in [0.5, 0.6) is 0 Å². The zero-order chi connectivity index (χ0) is 13.0. The number of hydrogen-bond donors (Lipinski definition) is 1. The van der Waals surface area contributed by atoms with Crippen molar-refractivity contribution in [3.63, 3.8) is 0 Å². The average Bonchev–Trinajstić information content (AvgIpc) is 2.74. The Balaban J connectivity index is 2.04. The number of nitrogens with zero attached hydrogens (tertiary/aromatic N) is 1. The quantitative estimate of drug-likeness (QED) is 0.784. The third kappa shape index (κ3) is 2.64. The molecule has 1 atom stereocenters. The fourth-order valence-corrected chi connectivity index (χ4v) is 2.41. The van der Waals surface area contributed by atoms with Crippen LogP contribution in [0.15, 0.2) is 24.3 Å². The maximum absolute atomic E-state index is 11.2. The SMILES string of the molecule is CCOCCCN1CC(C(=O)O)c2ccccc21. The van der Waals surface area contributed by atoms with E-state index in [0.29, 0.717) is 6.54 Å². The Bertz CT molecular complexity index is 419. The van der Waals surface area contributed by atoms with Crippen molar-refractivity contribution in [1.82, 2.24) is 0 Å². The van der Waals surface area contributed by atoms with Crippen molar-refractivity contribution in [2.24, 2.45) is 0 Å². The monoisotopic (exact) mass is 249 g/mol. The van der Waals surface area contributed by atoms with Crippen LogP contribution < -0.4 is 4.90 Å². The maximum atomic E-state index is 11.2. The lowest BCUT2D eigenvalue weighted by atomic mass is 10.0. The first-order valence-electron chi connectivity index (χ1n) is 6.38. The normalized spacial score (nSPS) is 17.8. The van der Waals surface area contributed by atoms with Crippen molar-refractivity contribution in [2.45, 2.75) is 19.3 Å². The highest BCUT2D eigenvalue weighted by Crippen LogP contribution is 2.36. The average molecular weight is 249 g/mol. The van der Waals surface area contributed by atoms with Gasteiger partial charge in [0.2, 0.25) is 0 Å². The number of aliphatic carboxylic acids is 1. The highest BCUT2D eigenvalue weighted by molar-refractivity contribution is 5.82. The molecule has 1 heterocycles. The fraction of sp³-hybridized carbons (Fsp3) is 0.500. The highest BCUT2D eigenvalue weighted by atomic mass is 16.5. The molecule has 0 bridgehead atoms. The molecule has 0 amide bonds. The molecule has 0 aromatic heterocycles. The zero-order valence-corrected chi connectivity index (χ0v) is 10.6. The van der Waals surface area contributed by atoms with E-state index in [9.17, 15) is 9.90 Å². The summed E-state index contributed by atoms with van der Waals surface area (Å²) in [5, 5.41) is 9.24. The molecule has 2 rings (SSSR count). The van der Waals surface area contributed by atoms with Gasteiger partial charge in [0, 0.05) is 32.0 Å². The van der Waals surface area contributed by atoms with Crippen LogP contribution in [-0.4, -0.2) is 37.4 Å². The topological polar surface area (TPSA) is 49.8 Å². The second kappa shape index (κ2) is 5.87. The molecule has 1 unspecified atom stereocenters. The number of fused-ring (bicyclic) bond motifs is 1. The molecule has 1 aromatic carbocycles. The van der Waals surface area contributed by atoms with E-state index in [1.165, 1.54) is 0 Å². The minimum atomic E-state index is -0.741. The van der Waals surface area contributed by atoms with E-state index in [4.69, 9.17) is 4.74 Å². The standard InChI is InChI=1S/C14H19NO3/c1-2-18-9-5-8-15-10-12(14(16)17)11-6-3-4-7-13(11)15/h3-4,6-7,12H,2,5,8-10H2,1H3,(H,16,17). The molecule has 0 saturated heterocycles. The number of anilines is 1. The van der Waals surface area contributed by atoms with Crippen LogP contribution in [-0.2, 0) is 9.53 Å². The molecule has 0 spiro atoms. The predicted octanol–water partition coefficient (Wildman–Crippen LogP) is 2.10. The van der Waals surface area contributed by atoms with E-state index in [1.54, 1.807) is 0 Å². The third-order valence-electron chi connectivity index (χ3n) is 3.27. The number of rotatable bonds is 6.